The first-order valence-electron chi connectivity index (χ1n) is 15.7. The van der Waals surface area contributed by atoms with Crippen LogP contribution in [0.25, 0.3) is 0 Å². The van der Waals surface area contributed by atoms with Crippen molar-refractivity contribution in [1.82, 2.24) is 35.6 Å². The second-order valence-corrected chi connectivity index (χ2v) is 13.2. The van der Waals surface area contributed by atoms with Crippen molar-refractivity contribution in [1.29, 1.82) is 0 Å². The first-order chi connectivity index (χ1) is 20.7. The minimum atomic E-state index is -0.504. The molecule has 4 fully saturated rings. The number of hydrogen-bond donors (Lipinski definition) is 2. The van der Waals surface area contributed by atoms with Crippen molar-refractivity contribution in [2.24, 2.45) is 11.3 Å². The summed E-state index contributed by atoms with van der Waals surface area (Å²) >= 11 is 0. The van der Waals surface area contributed by atoms with E-state index >= 15 is 0 Å². The van der Waals surface area contributed by atoms with Gasteiger partial charge in [-0.2, -0.15) is 0 Å². The first kappa shape index (κ1) is 29.5. The molecule has 43 heavy (non-hydrogen) atoms. The summed E-state index contributed by atoms with van der Waals surface area (Å²) in [6.45, 7) is 12.0. The number of carbonyl (C=O) groups excluding carboxylic acids is 2. The third-order valence-electron chi connectivity index (χ3n) is 9.99. The number of amides is 3. The fourth-order valence-corrected chi connectivity index (χ4v) is 7.40. The highest BCUT2D eigenvalue weighted by Gasteiger charge is 2.47. The van der Waals surface area contributed by atoms with Crippen LogP contribution in [0.15, 0.2) is 24.5 Å². The van der Waals surface area contributed by atoms with E-state index in [4.69, 9.17) is 4.74 Å². The normalized spacial score (nSPS) is 25.0. The van der Waals surface area contributed by atoms with Crippen LogP contribution < -0.4 is 20.3 Å². The predicted molar refractivity (Wildman–Crippen MR) is 160 cm³/mol. The summed E-state index contributed by atoms with van der Waals surface area (Å²) in [5.74, 6) is 0.928. The molecule has 3 saturated heterocycles. The van der Waals surface area contributed by atoms with Crippen LogP contribution in [0.3, 0.4) is 0 Å². The number of nitrogens with zero attached hydrogens (tertiary/aromatic N) is 6. The number of aromatic nitrogens is 3. The fraction of sp³-hybridized carbons (Fsp3) is 0.645. The molecule has 3 aliphatic heterocycles. The number of nitrogens with one attached hydrogen (secondary N) is 2. The lowest BCUT2D eigenvalue weighted by Gasteiger charge is -2.54. The van der Waals surface area contributed by atoms with Crippen LogP contribution in [0.5, 0.6) is 11.6 Å². The van der Waals surface area contributed by atoms with Gasteiger partial charge in [-0.3, -0.25) is 4.79 Å². The Bertz CT molecular complexity index is 1330. The van der Waals surface area contributed by atoms with E-state index < -0.39 is 5.82 Å². The quantitative estimate of drug-likeness (QED) is 0.474. The summed E-state index contributed by atoms with van der Waals surface area (Å²) in [6.07, 6.45) is 8.12. The Morgan fingerprint density at radius 3 is 2.58 bits per heavy atom. The van der Waals surface area contributed by atoms with Crippen molar-refractivity contribution >= 4 is 17.8 Å². The Labute approximate surface area is 252 Å². The summed E-state index contributed by atoms with van der Waals surface area (Å²) in [6, 6.07) is 3.90. The molecular weight excluding hydrogens is 551 g/mol. The number of halogens is 1. The van der Waals surface area contributed by atoms with Gasteiger partial charge in [-0.05, 0) is 96.5 Å². The molecule has 232 valence electrons. The van der Waals surface area contributed by atoms with E-state index in [1.54, 1.807) is 4.90 Å². The van der Waals surface area contributed by atoms with E-state index in [-0.39, 0.29) is 46.1 Å². The van der Waals surface area contributed by atoms with Gasteiger partial charge in [0.25, 0.3) is 11.8 Å². The maximum Gasteiger partial charge on any atom is 0.315 e. The molecule has 11 nitrogen and oxygen atoms in total. The maximum atomic E-state index is 14.2. The molecule has 0 unspecified atom stereocenters. The first-order valence-corrected chi connectivity index (χ1v) is 15.7. The highest BCUT2D eigenvalue weighted by Crippen LogP contribution is 2.45. The highest BCUT2D eigenvalue weighted by atomic mass is 19.1. The fourth-order valence-electron chi connectivity index (χ4n) is 7.40. The van der Waals surface area contributed by atoms with Gasteiger partial charge >= 0.3 is 6.03 Å². The van der Waals surface area contributed by atoms with Crippen molar-refractivity contribution < 1.29 is 18.7 Å². The van der Waals surface area contributed by atoms with Crippen LogP contribution in [-0.2, 0) is 0 Å². The van der Waals surface area contributed by atoms with E-state index in [2.05, 4.69) is 35.6 Å². The average molecular weight is 595 g/mol. The van der Waals surface area contributed by atoms with E-state index in [9.17, 15) is 14.0 Å². The average Bonchev–Trinajstić information content (AvgIpc) is 3.34. The summed E-state index contributed by atoms with van der Waals surface area (Å²) in [7, 11) is 0. The van der Waals surface area contributed by atoms with Crippen LogP contribution in [0, 0.1) is 17.2 Å². The monoisotopic (exact) mass is 594 g/mol. The number of rotatable bonds is 8. The molecule has 6 rings (SSSR count). The van der Waals surface area contributed by atoms with E-state index in [1.165, 1.54) is 24.5 Å². The molecule has 2 spiro atoms. The Morgan fingerprint density at radius 2 is 1.93 bits per heavy atom. The minimum absolute atomic E-state index is 0.0222. The molecule has 4 heterocycles. The van der Waals surface area contributed by atoms with Crippen LogP contribution in [0.4, 0.5) is 15.0 Å². The van der Waals surface area contributed by atoms with E-state index in [0.29, 0.717) is 18.3 Å². The lowest BCUT2D eigenvalue weighted by Crippen LogP contribution is -2.61. The van der Waals surface area contributed by atoms with Crippen molar-refractivity contribution in [3.05, 3.63) is 35.9 Å². The molecule has 1 saturated carbocycles. The van der Waals surface area contributed by atoms with Crippen molar-refractivity contribution in [2.45, 2.75) is 70.9 Å². The number of hydrogen-bond acceptors (Lipinski definition) is 8. The number of ether oxygens (including phenoxy) is 1. The summed E-state index contributed by atoms with van der Waals surface area (Å²) in [5.41, 5.74) is 0.369. The molecular formula is C31H43FN8O3. The highest BCUT2D eigenvalue weighted by molar-refractivity contribution is 5.97. The summed E-state index contributed by atoms with van der Waals surface area (Å²) in [4.78, 5) is 35.9. The Balaban J connectivity index is 1.05. The van der Waals surface area contributed by atoms with Gasteiger partial charge in [0.15, 0.2) is 5.82 Å². The van der Waals surface area contributed by atoms with Gasteiger partial charge in [-0.1, -0.05) is 0 Å². The van der Waals surface area contributed by atoms with Gasteiger partial charge in [0, 0.05) is 44.2 Å². The number of piperidine rings is 1. The Kier molecular flexibility index (Phi) is 8.14. The molecule has 1 aliphatic carbocycles. The molecule has 4 aliphatic rings. The number of benzene rings is 1. The van der Waals surface area contributed by atoms with Crippen molar-refractivity contribution in [3.8, 4) is 11.6 Å². The largest absolute Gasteiger partial charge is 0.434 e. The smallest absolute Gasteiger partial charge is 0.315 e. The number of likely N-dealkylation sites (tertiary alicyclic amines) is 1. The van der Waals surface area contributed by atoms with E-state index in [1.807, 2.05) is 20.8 Å². The third-order valence-corrected chi connectivity index (χ3v) is 9.99. The third kappa shape index (κ3) is 6.11. The Morgan fingerprint density at radius 1 is 1.19 bits per heavy atom. The summed E-state index contributed by atoms with van der Waals surface area (Å²) in [5, 5.41) is 14.2. The van der Waals surface area contributed by atoms with Crippen LogP contribution in [0.2, 0.25) is 0 Å². The molecule has 3 amide bonds. The van der Waals surface area contributed by atoms with Gasteiger partial charge in [0.2, 0.25) is 0 Å². The number of anilines is 1. The lowest BCUT2D eigenvalue weighted by molar-refractivity contribution is 0.0587. The number of carbonyl (C=O) groups is 2. The zero-order valence-electron chi connectivity index (χ0n) is 25.4. The van der Waals surface area contributed by atoms with Crippen LogP contribution in [-0.4, -0.2) is 94.3 Å². The van der Waals surface area contributed by atoms with Crippen molar-refractivity contribution in [3.63, 3.8) is 0 Å². The lowest BCUT2D eigenvalue weighted by atomic mass is 9.71. The zero-order valence-corrected chi connectivity index (χ0v) is 25.4. The van der Waals surface area contributed by atoms with E-state index in [0.717, 1.165) is 77.8 Å². The zero-order chi connectivity index (χ0) is 30.2. The van der Waals surface area contributed by atoms with Crippen LogP contribution in [0.1, 0.15) is 69.7 Å². The standard InChI is InChI=1S/C31H43FN8O3/c1-4-40(21(2)3)28(41)24-15-23(32)5-6-25(24)43-27-26(34-20-35-37-27)39-18-30(19-39)11-13-38(14-12-30)16-22-7-9-31(10-8-22)17-33-29(42)36-31/h5-6,15,20-22H,4,7-14,16-19H2,1-3H3,(H2,33,36,42). The van der Waals surface area contributed by atoms with Gasteiger partial charge in [0.1, 0.15) is 17.9 Å². The second kappa shape index (κ2) is 11.9. The Hall–Kier alpha value is -3.54. The molecule has 0 bridgehead atoms. The molecule has 0 atom stereocenters. The second-order valence-electron chi connectivity index (χ2n) is 13.2. The van der Waals surface area contributed by atoms with Gasteiger partial charge in [-0.25, -0.2) is 14.2 Å². The molecule has 1 aromatic carbocycles. The van der Waals surface area contributed by atoms with Crippen LogP contribution >= 0.6 is 0 Å². The molecule has 2 N–H and O–H groups in total. The SMILES string of the molecule is CCN(C(=O)c1cc(F)ccc1Oc1nncnc1N1CC2(CCN(CC3CCC4(CC3)CNC(=O)N4)CC2)C1)C(C)C. The molecule has 1 aromatic heterocycles. The van der Waals surface area contributed by atoms with Gasteiger partial charge < -0.3 is 30.1 Å². The topological polar surface area (TPSA) is 116 Å². The predicted octanol–water partition coefficient (Wildman–Crippen LogP) is 3.82. The molecule has 0 radical (unpaired) electrons. The van der Waals surface area contributed by atoms with Gasteiger partial charge in [-0.15, -0.1) is 10.2 Å². The molecule has 12 heteroatoms. The minimum Gasteiger partial charge on any atom is -0.434 e. The molecule has 2 aromatic rings. The maximum absolute atomic E-state index is 14.2. The summed E-state index contributed by atoms with van der Waals surface area (Å²) < 4.78 is 20.4. The van der Waals surface area contributed by atoms with Crippen molar-refractivity contribution in [2.75, 3.05) is 50.7 Å². The van der Waals surface area contributed by atoms with Gasteiger partial charge in [0.05, 0.1) is 11.1 Å². The number of urea groups is 1.